The lowest BCUT2D eigenvalue weighted by molar-refractivity contribution is 0.292. The third-order valence-electron chi connectivity index (χ3n) is 4.44. The molecule has 1 aromatic carbocycles. The fourth-order valence-electron chi connectivity index (χ4n) is 3.14. The van der Waals surface area contributed by atoms with E-state index in [9.17, 15) is 0 Å². The van der Waals surface area contributed by atoms with Gasteiger partial charge in [-0.25, -0.2) is 0 Å². The highest BCUT2D eigenvalue weighted by atomic mass is 79.9. The predicted molar refractivity (Wildman–Crippen MR) is 99.4 cm³/mol. The Morgan fingerprint density at radius 1 is 1.13 bits per heavy atom. The molecule has 1 fully saturated rings. The molecule has 0 radical (unpaired) electrons. The Hall–Kier alpha value is -0.740. The summed E-state index contributed by atoms with van der Waals surface area (Å²) < 4.78 is 12.3. The second kappa shape index (κ2) is 10.2. The Kier molecular flexibility index (Phi) is 8.24. The summed E-state index contributed by atoms with van der Waals surface area (Å²) in [7, 11) is 1.70. The minimum absolute atomic E-state index is 0.649. The number of ether oxygens (including phenoxy) is 2. The van der Waals surface area contributed by atoms with Crippen LogP contribution in [0.5, 0.6) is 11.5 Å². The maximum atomic E-state index is 5.80. The number of hydrogen-bond acceptors (Lipinski definition) is 3. The van der Waals surface area contributed by atoms with Crippen LogP contribution in [0.4, 0.5) is 0 Å². The quantitative estimate of drug-likeness (QED) is 0.678. The fraction of sp³-hybridized carbons (Fsp3) is 0.684. The third kappa shape index (κ3) is 6.00. The maximum absolute atomic E-state index is 5.80. The van der Waals surface area contributed by atoms with Gasteiger partial charge in [0.1, 0.15) is 0 Å². The number of nitrogens with one attached hydrogen (secondary N) is 1. The van der Waals surface area contributed by atoms with Crippen molar-refractivity contribution >= 4 is 15.9 Å². The predicted octanol–water partition coefficient (Wildman–Crippen LogP) is 5.45. The highest BCUT2D eigenvalue weighted by Gasteiger charge is 2.14. The van der Waals surface area contributed by atoms with Crippen molar-refractivity contribution in [2.45, 2.75) is 70.9 Å². The molecule has 4 heteroatoms. The Morgan fingerprint density at radius 3 is 2.48 bits per heavy atom. The molecule has 1 aromatic rings. The van der Waals surface area contributed by atoms with Gasteiger partial charge in [-0.1, -0.05) is 39.0 Å². The van der Waals surface area contributed by atoms with E-state index in [4.69, 9.17) is 9.47 Å². The van der Waals surface area contributed by atoms with Gasteiger partial charge in [-0.3, -0.25) is 0 Å². The van der Waals surface area contributed by atoms with Crippen molar-refractivity contribution in [2.75, 3.05) is 13.7 Å². The highest BCUT2D eigenvalue weighted by Crippen LogP contribution is 2.36. The van der Waals surface area contributed by atoms with Gasteiger partial charge in [-0.2, -0.15) is 0 Å². The molecule has 0 saturated heterocycles. The molecule has 0 unspecified atom stereocenters. The van der Waals surface area contributed by atoms with E-state index >= 15 is 0 Å². The molecule has 0 atom stereocenters. The molecule has 1 aliphatic carbocycles. The summed E-state index contributed by atoms with van der Waals surface area (Å²) in [6.07, 6.45) is 10.5. The van der Waals surface area contributed by atoms with Crippen molar-refractivity contribution in [1.29, 1.82) is 0 Å². The molecule has 130 valence electrons. The van der Waals surface area contributed by atoms with E-state index in [1.165, 1.54) is 50.5 Å². The number of benzene rings is 1. The lowest BCUT2D eigenvalue weighted by Crippen LogP contribution is -2.29. The summed E-state index contributed by atoms with van der Waals surface area (Å²) in [5.74, 6) is 1.62. The summed E-state index contributed by atoms with van der Waals surface area (Å²) in [5, 5.41) is 3.73. The van der Waals surface area contributed by atoms with E-state index in [2.05, 4.69) is 40.3 Å². The number of methoxy groups -OCH3 is 1. The van der Waals surface area contributed by atoms with Crippen molar-refractivity contribution in [1.82, 2.24) is 5.32 Å². The summed E-state index contributed by atoms with van der Waals surface area (Å²) in [6.45, 7) is 3.69. The van der Waals surface area contributed by atoms with E-state index in [1.807, 2.05) is 0 Å². The third-order valence-corrected chi connectivity index (χ3v) is 5.03. The normalized spacial score (nSPS) is 16.7. The van der Waals surface area contributed by atoms with Crippen LogP contribution in [0.1, 0.15) is 63.9 Å². The van der Waals surface area contributed by atoms with E-state index in [1.54, 1.807) is 7.11 Å². The minimum Gasteiger partial charge on any atom is -0.493 e. The Morgan fingerprint density at radius 2 is 1.83 bits per heavy atom. The van der Waals surface area contributed by atoms with Gasteiger partial charge in [0.2, 0.25) is 0 Å². The molecule has 3 nitrogen and oxygen atoms in total. The summed E-state index contributed by atoms with van der Waals surface area (Å²) in [6, 6.07) is 4.88. The molecular formula is C19H30BrNO2. The first-order valence-corrected chi connectivity index (χ1v) is 9.76. The number of rotatable bonds is 7. The molecule has 1 aliphatic rings. The summed E-state index contributed by atoms with van der Waals surface area (Å²) >= 11 is 3.63. The molecule has 1 saturated carbocycles. The van der Waals surface area contributed by atoms with E-state index in [-0.39, 0.29) is 0 Å². The van der Waals surface area contributed by atoms with Gasteiger partial charge in [0, 0.05) is 12.6 Å². The average Bonchev–Trinajstić information content (AvgIpc) is 2.52. The summed E-state index contributed by atoms with van der Waals surface area (Å²) in [5.41, 5.74) is 1.24. The first-order valence-electron chi connectivity index (χ1n) is 8.97. The first-order chi connectivity index (χ1) is 11.2. The van der Waals surface area contributed by atoms with Gasteiger partial charge in [0.05, 0.1) is 18.2 Å². The number of halogens is 1. The van der Waals surface area contributed by atoms with Crippen LogP contribution in [0.25, 0.3) is 0 Å². The SMILES string of the molecule is CCCOc1c(Br)cc(CNC2CCCCCCC2)cc1OC. The van der Waals surface area contributed by atoms with Crippen LogP contribution < -0.4 is 14.8 Å². The van der Waals surface area contributed by atoms with E-state index < -0.39 is 0 Å². The maximum Gasteiger partial charge on any atom is 0.175 e. The minimum atomic E-state index is 0.649. The second-order valence-electron chi connectivity index (χ2n) is 6.38. The van der Waals surface area contributed by atoms with Crippen molar-refractivity contribution in [3.05, 3.63) is 22.2 Å². The molecule has 0 bridgehead atoms. The molecule has 0 spiro atoms. The zero-order valence-corrected chi connectivity index (χ0v) is 16.1. The zero-order chi connectivity index (χ0) is 16.5. The monoisotopic (exact) mass is 383 g/mol. The van der Waals surface area contributed by atoms with Crippen LogP contribution >= 0.6 is 15.9 Å². The molecular weight excluding hydrogens is 354 g/mol. The zero-order valence-electron chi connectivity index (χ0n) is 14.5. The van der Waals surface area contributed by atoms with Crippen LogP contribution in [0, 0.1) is 0 Å². The standard InChI is InChI=1S/C19H30BrNO2/c1-3-11-23-19-17(20)12-15(13-18(19)22-2)14-21-16-9-7-5-4-6-8-10-16/h12-13,16,21H,3-11,14H2,1-2H3. The molecule has 0 aromatic heterocycles. The number of hydrogen-bond donors (Lipinski definition) is 1. The topological polar surface area (TPSA) is 30.5 Å². The Labute approximate surface area is 149 Å². The molecule has 0 heterocycles. The first kappa shape index (κ1) is 18.6. The lowest BCUT2D eigenvalue weighted by Gasteiger charge is -2.21. The highest BCUT2D eigenvalue weighted by molar-refractivity contribution is 9.10. The van der Waals surface area contributed by atoms with Crippen LogP contribution in [-0.4, -0.2) is 19.8 Å². The van der Waals surface area contributed by atoms with Crippen molar-refractivity contribution in [3.8, 4) is 11.5 Å². The fourth-order valence-corrected chi connectivity index (χ4v) is 3.75. The molecule has 0 amide bonds. The largest absolute Gasteiger partial charge is 0.493 e. The van der Waals surface area contributed by atoms with E-state index in [0.29, 0.717) is 12.6 Å². The lowest BCUT2D eigenvalue weighted by atomic mass is 9.96. The molecule has 0 aliphatic heterocycles. The average molecular weight is 384 g/mol. The van der Waals surface area contributed by atoms with Crippen molar-refractivity contribution in [2.24, 2.45) is 0 Å². The second-order valence-corrected chi connectivity index (χ2v) is 7.23. The molecule has 2 rings (SSSR count). The van der Waals surface area contributed by atoms with Gasteiger partial charge in [-0.05, 0) is 52.9 Å². The summed E-state index contributed by atoms with van der Waals surface area (Å²) in [4.78, 5) is 0. The van der Waals surface area contributed by atoms with Crippen LogP contribution in [-0.2, 0) is 6.54 Å². The van der Waals surface area contributed by atoms with Gasteiger partial charge >= 0.3 is 0 Å². The van der Waals surface area contributed by atoms with Gasteiger partial charge < -0.3 is 14.8 Å². The van der Waals surface area contributed by atoms with Crippen molar-refractivity contribution < 1.29 is 9.47 Å². The van der Waals surface area contributed by atoms with Crippen LogP contribution in [0.15, 0.2) is 16.6 Å². The van der Waals surface area contributed by atoms with Gasteiger partial charge in [0.25, 0.3) is 0 Å². The Bertz CT molecular complexity index is 471. The van der Waals surface area contributed by atoms with Crippen LogP contribution in [0.2, 0.25) is 0 Å². The van der Waals surface area contributed by atoms with Gasteiger partial charge in [-0.15, -0.1) is 0 Å². The molecule has 23 heavy (non-hydrogen) atoms. The smallest absolute Gasteiger partial charge is 0.175 e. The van der Waals surface area contributed by atoms with Crippen LogP contribution in [0.3, 0.4) is 0 Å². The van der Waals surface area contributed by atoms with E-state index in [0.717, 1.165) is 28.9 Å². The Balaban J connectivity index is 1.97. The molecule has 1 N–H and O–H groups in total. The van der Waals surface area contributed by atoms with Gasteiger partial charge in [0.15, 0.2) is 11.5 Å². The van der Waals surface area contributed by atoms with Crippen molar-refractivity contribution in [3.63, 3.8) is 0 Å².